The van der Waals surface area contributed by atoms with Gasteiger partial charge in [-0.2, -0.15) is 0 Å². The molecule has 0 fully saturated rings. The number of esters is 1. The largest absolute Gasteiger partial charge is 0.493 e. The third-order valence-electron chi connectivity index (χ3n) is 3.96. The van der Waals surface area contributed by atoms with E-state index < -0.39 is 18.5 Å². The van der Waals surface area contributed by atoms with Crippen molar-refractivity contribution in [1.29, 1.82) is 0 Å². The summed E-state index contributed by atoms with van der Waals surface area (Å²) in [5.41, 5.74) is 1.22. The molecule has 3 rings (SSSR count). The fourth-order valence-electron chi connectivity index (χ4n) is 2.58. The van der Waals surface area contributed by atoms with Crippen LogP contribution in [0.3, 0.4) is 0 Å². The summed E-state index contributed by atoms with van der Waals surface area (Å²) in [5, 5.41) is 2.63. The summed E-state index contributed by atoms with van der Waals surface area (Å²) in [5.74, 6) is 1.13. The molecule has 1 heterocycles. The van der Waals surface area contributed by atoms with Gasteiger partial charge in [0.2, 0.25) is 6.79 Å². The van der Waals surface area contributed by atoms with Crippen LogP contribution in [-0.4, -0.2) is 39.0 Å². The van der Waals surface area contributed by atoms with Gasteiger partial charge in [-0.1, -0.05) is 18.7 Å². The quantitative estimate of drug-likeness (QED) is 0.385. The first-order valence-corrected chi connectivity index (χ1v) is 9.05. The molecule has 8 nitrogen and oxygen atoms in total. The third-order valence-corrected chi connectivity index (χ3v) is 3.96. The van der Waals surface area contributed by atoms with Gasteiger partial charge < -0.3 is 29.0 Å². The second-order valence-corrected chi connectivity index (χ2v) is 6.07. The van der Waals surface area contributed by atoms with Crippen molar-refractivity contribution in [1.82, 2.24) is 0 Å². The minimum Gasteiger partial charge on any atom is -0.493 e. The summed E-state index contributed by atoms with van der Waals surface area (Å²) < 4.78 is 26.2. The average Bonchev–Trinajstić information content (AvgIpc) is 3.23. The SMILES string of the molecule is C=CCOc1ccc(/C=C/C(=O)OCC(=O)Nc2ccc3c(c2)OCO3)cc1OC. The molecule has 1 aliphatic heterocycles. The predicted molar refractivity (Wildman–Crippen MR) is 110 cm³/mol. The lowest BCUT2D eigenvalue weighted by Crippen LogP contribution is -2.20. The number of nitrogens with one attached hydrogen (secondary N) is 1. The van der Waals surface area contributed by atoms with E-state index in [2.05, 4.69) is 11.9 Å². The number of hydrogen-bond acceptors (Lipinski definition) is 7. The Morgan fingerprint density at radius 3 is 2.77 bits per heavy atom. The van der Waals surface area contributed by atoms with Gasteiger partial charge in [-0.25, -0.2) is 4.79 Å². The van der Waals surface area contributed by atoms with E-state index in [-0.39, 0.29) is 6.79 Å². The van der Waals surface area contributed by atoms with Crippen molar-refractivity contribution < 1.29 is 33.3 Å². The molecule has 30 heavy (non-hydrogen) atoms. The second kappa shape index (κ2) is 10.0. The summed E-state index contributed by atoms with van der Waals surface area (Å²) in [7, 11) is 1.52. The highest BCUT2D eigenvalue weighted by Crippen LogP contribution is 2.34. The van der Waals surface area contributed by atoms with Crippen molar-refractivity contribution in [3.05, 3.63) is 60.7 Å². The molecule has 8 heteroatoms. The smallest absolute Gasteiger partial charge is 0.331 e. The summed E-state index contributed by atoms with van der Waals surface area (Å²) in [4.78, 5) is 23.9. The van der Waals surface area contributed by atoms with Gasteiger partial charge in [0.05, 0.1) is 7.11 Å². The first-order chi connectivity index (χ1) is 14.6. The number of carbonyl (C=O) groups is 2. The van der Waals surface area contributed by atoms with Gasteiger partial charge in [0.1, 0.15) is 6.61 Å². The molecule has 0 aromatic heterocycles. The number of ether oxygens (including phenoxy) is 5. The maximum absolute atomic E-state index is 12.0. The lowest BCUT2D eigenvalue weighted by Gasteiger charge is -2.09. The summed E-state index contributed by atoms with van der Waals surface area (Å²) >= 11 is 0. The van der Waals surface area contributed by atoms with E-state index >= 15 is 0 Å². The first kappa shape index (κ1) is 20.8. The maximum atomic E-state index is 12.0. The van der Waals surface area contributed by atoms with Crippen molar-refractivity contribution in [3.8, 4) is 23.0 Å². The number of anilines is 1. The minimum atomic E-state index is -0.651. The first-order valence-electron chi connectivity index (χ1n) is 9.05. The molecule has 156 valence electrons. The zero-order valence-corrected chi connectivity index (χ0v) is 16.4. The molecule has 1 amide bonds. The lowest BCUT2D eigenvalue weighted by molar-refractivity contribution is -0.142. The van der Waals surface area contributed by atoms with Crippen LogP contribution in [0.25, 0.3) is 6.08 Å². The van der Waals surface area contributed by atoms with Gasteiger partial charge >= 0.3 is 5.97 Å². The fourth-order valence-corrected chi connectivity index (χ4v) is 2.58. The maximum Gasteiger partial charge on any atom is 0.331 e. The molecular weight excluding hydrogens is 390 g/mol. The molecule has 0 spiro atoms. The Morgan fingerprint density at radius 1 is 1.13 bits per heavy atom. The van der Waals surface area contributed by atoms with Crippen LogP contribution in [0.1, 0.15) is 5.56 Å². The highest BCUT2D eigenvalue weighted by molar-refractivity contribution is 5.94. The predicted octanol–water partition coefficient (Wildman–Crippen LogP) is 3.18. The van der Waals surface area contributed by atoms with Crippen LogP contribution >= 0.6 is 0 Å². The van der Waals surface area contributed by atoms with Gasteiger partial charge in [-0.3, -0.25) is 4.79 Å². The van der Waals surface area contributed by atoms with Crippen LogP contribution in [0, 0.1) is 0 Å². The van der Waals surface area contributed by atoms with Gasteiger partial charge in [0.15, 0.2) is 29.6 Å². The molecule has 1 aliphatic rings. The zero-order chi connectivity index (χ0) is 21.3. The van der Waals surface area contributed by atoms with Crippen LogP contribution in [-0.2, 0) is 14.3 Å². The van der Waals surface area contributed by atoms with E-state index in [1.165, 1.54) is 13.2 Å². The van der Waals surface area contributed by atoms with E-state index in [4.69, 9.17) is 23.7 Å². The molecule has 2 aromatic carbocycles. The fraction of sp³-hybridized carbons (Fsp3) is 0.182. The van der Waals surface area contributed by atoms with E-state index in [0.29, 0.717) is 40.9 Å². The molecule has 0 saturated heterocycles. The Hall–Kier alpha value is -3.94. The number of hydrogen-bond donors (Lipinski definition) is 1. The highest BCUT2D eigenvalue weighted by Gasteiger charge is 2.14. The summed E-state index contributed by atoms with van der Waals surface area (Å²) in [6, 6.07) is 10.2. The Balaban J connectivity index is 1.49. The molecular formula is C22H21NO7. The topological polar surface area (TPSA) is 92.3 Å². The average molecular weight is 411 g/mol. The van der Waals surface area contributed by atoms with Crippen LogP contribution in [0.4, 0.5) is 5.69 Å². The van der Waals surface area contributed by atoms with Crippen molar-refractivity contribution >= 4 is 23.6 Å². The van der Waals surface area contributed by atoms with Crippen molar-refractivity contribution in [2.24, 2.45) is 0 Å². The van der Waals surface area contributed by atoms with Crippen molar-refractivity contribution in [2.45, 2.75) is 0 Å². The lowest BCUT2D eigenvalue weighted by atomic mass is 10.2. The highest BCUT2D eigenvalue weighted by atomic mass is 16.7. The minimum absolute atomic E-state index is 0.146. The van der Waals surface area contributed by atoms with Crippen LogP contribution in [0.15, 0.2) is 55.1 Å². The summed E-state index contributed by atoms with van der Waals surface area (Å²) in [6.45, 7) is 3.67. The molecule has 0 unspecified atom stereocenters. The standard InChI is InChI=1S/C22H21NO7/c1-3-10-27-17-7-4-15(11-19(17)26-2)5-9-22(25)28-13-21(24)23-16-6-8-18-20(12-16)30-14-29-18/h3-9,11-12H,1,10,13-14H2,2H3,(H,23,24)/b9-5+. The Bertz CT molecular complexity index is 968. The molecule has 0 bridgehead atoms. The number of amides is 1. The molecule has 2 aromatic rings. The molecule has 1 N–H and O–H groups in total. The number of carbonyl (C=O) groups excluding carboxylic acids is 2. The molecule has 0 radical (unpaired) electrons. The molecule has 0 saturated carbocycles. The number of rotatable bonds is 9. The van der Waals surface area contributed by atoms with Gasteiger partial charge in [-0.15, -0.1) is 0 Å². The van der Waals surface area contributed by atoms with E-state index in [1.54, 1.807) is 48.6 Å². The van der Waals surface area contributed by atoms with Gasteiger partial charge in [0.25, 0.3) is 5.91 Å². The van der Waals surface area contributed by atoms with Gasteiger partial charge in [-0.05, 0) is 35.9 Å². The van der Waals surface area contributed by atoms with Crippen LogP contribution < -0.4 is 24.3 Å². The monoisotopic (exact) mass is 411 g/mol. The zero-order valence-electron chi connectivity index (χ0n) is 16.4. The van der Waals surface area contributed by atoms with Crippen LogP contribution in [0.5, 0.6) is 23.0 Å². The summed E-state index contributed by atoms with van der Waals surface area (Å²) in [6.07, 6.45) is 4.41. The molecule has 0 atom stereocenters. The van der Waals surface area contributed by atoms with Crippen LogP contribution in [0.2, 0.25) is 0 Å². The van der Waals surface area contributed by atoms with Gasteiger partial charge in [0, 0.05) is 17.8 Å². The third kappa shape index (κ3) is 5.54. The number of benzene rings is 2. The van der Waals surface area contributed by atoms with E-state index in [9.17, 15) is 9.59 Å². The normalized spacial score (nSPS) is 11.8. The second-order valence-electron chi connectivity index (χ2n) is 6.07. The van der Waals surface area contributed by atoms with E-state index in [1.807, 2.05) is 0 Å². The van der Waals surface area contributed by atoms with Crippen molar-refractivity contribution in [3.63, 3.8) is 0 Å². The number of methoxy groups -OCH3 is 1. The molecule has 0 aliphatic carbocycles. The Labute approximate surface area is 173 Å². The van der Waals surface area contributed by atoms with E-state index in [0.717, 1.165) is 0 Å². The Morgan fingerprint density at radius 2 is 1.97 bits per heavy atom. The Kier molecular flexibility index (Phi) is 6.94. The number of fused-ring (bicyclic) bond motifs is 1. The van der Waals surface area contributed by atoms with Crippen molar-refractivity contribution in [2.75, 3.05) is 32.4 Å².